The molecule has 0 saturated carbocycles. The molecule has 1 aromatic heterocycles. The molecule has 0 aliphatic rings. The first-order chi connectivity index (χ1) is 12.5. The molecule has 0 spiro atoms. The summed E-state index contributed by atoms with van der Waals surface area (Å²) in [7, 11) is -0.731. The van der Waals surface area contributed by atoms with Crippen molar-refractivity contribution in [2.75, 3.05) is 7.11 Å². The Morgan fingerprint density at radius 3 is 2.42 bits per heavy atom. The smallest absolute Gasteiger partial charge is 0.157 e. The Kier molecular flexibility index (Phi) is 4.94. The van der Waals surface area contributed by atoms with E-state index in [0.29, 0.717) is 12.4 Å². The number of hydrogen-bond donors (Lipinski definition) is 0. The Labute approximate surface area is 149 Å². The highest BCUT2D eigenvalue weighted by Crippen LogP contribution is 2.37. The summed E-state index contributed by atoms with van der Waals surface area (Å²) in [5.74, 6) is -2.32. The second kappa shape index (κ2) is 7.17. The van der Waals surface area contributed by atoms with Crippen molar-refractivity contribution in [1.82, 2.24) is 3.97 Å². The summed E-state index contributed by atoms with van der Waals surface area (Å²) in [5, 5.41) is 0. The number of ether oxygens (including phenoxy) is 1. The van der Waals surface area contributed by atoms with Gasteiger partial charge in [0.1, 0.15) is 23.1 Å². The third-order valence-electron chi connectivity index (χ3n) is 3.65. The van der Waals surface area contributed by atoms with E-state index in [1.807, 2.05) is 0 Å². The van der Waals surface area contributed by atoms with Gasteiger partial charge in [0.15, 0.2) is 23.0 Å². The minimum atomic E-state index is -2.00. The lowest BCUT2D eigenvalue weighted by Gasteiger charge is -2.12. The van der Waals surface area contributed by atoms with Crippen LogP contribution in [0.5, 0.6) is 5.75 Å². The summed E-state index contributed by atoms with van der Waals surface area (Å²) in [6.07, 6.45) is 1.67. The monoisotopic (exact) mass is 379 g/mol. The van der Waals surface area contributed by atoms with Gasteiger partial charge in [-0.2, -0.15) is 0 Å². The number of hydrogen-bond acceptors (Lipinski definition) is 3. The van der Waals surface area contributed by atoms with Crippen LogP contribution in [0.15, 0.2) is 53.6 Å². The van der Waals surface area contributed by atoms with E-state index in [2.05, 4.69) is 0 Å². The van der Waals surface area contributed by atoms with Crippen molar-refractivity contribution in [2.24, 2.45) is 0 Å². The molecule has 2 aromatic carbocycles. The van der Waals surface area contributed by atoms with E-state index in [1.54, 1.807) is 0 Å². The molecular weight excluding hydrogens is 367 g/mol. The van der Waals surface area contributed by atoms with Crippen LogP contribution >= 0.6 is 0 Å². The summed E-state index contributed by atoms with van der Waals surface area (Å²) >= 11 is 0. The average Bonchev–Trinajstić information content (AvgIpc) is 2.99. The van der Waals surface area contributed by atoms with Crippen molar-refractivity contribution in [3.63, 3.8) is 0 Å². The molecule has 0 bridgehead atoms. The number of aldehydes is 1. The van der Waals surface area contributed by atoms with Gasteiger partial charge in [-0.05, 0) is 30.3 Å². The van der Waals surface area contributed by atoms with Crippen molar-refractivity contribution in [3.05, 3.63) is 71.7 Å². The maximum atomic E-state index is 14.3. The van der Waals surface area contributed by atoms with Crippen LogP contribution in [0.25, 0.3) is 11.3 Å². The average molecular weight is 379 g/mol. The molecule has 26 heavy (non-hydrogen) atoms. The van der Waals surface area contributed by atoms with Crippen LogP contribution in [0.1, 0.15) is 10.4 Å². The van der Waals surface area contributed by atoms with Crippen molar-refractivity contribution in [1.29, 1.82) is 0 Å². The number of carbonyl (C=O) groups is 1. The van der Waals surface area contributed by atoms with Crippen LogP contribution < -0.4 is 4.74 Å². The van der Waals surface area contributed by atoms with Gasteiger partial charge in [-0.1, -0.05) is 6.07 Å². The summed E-state index contributed by atoms with van der Waals surface area (Å²) in [6.45, 7) is 0. The number of nitrogens with zero attached hydrogens (tertiary/aromatic N) is 1. The standard InChI is InChI=1S/C18H12F3NO3S/c1-25-18-11(10-23)9-22(26(24)14-4-2-3-12(19)7-14)17(18)15-6-5-13(20)8-16(15)21/h2-10H,1H3. The van der Waals surface area contributed by atoms with Crippen LogP contribution in [0.2, 0.25) is 0 Å². The molecule has 3 aromatic rings. The molecule has 0 amide bonds. The molecule has 0 aliphatic heterocycles. The van der Waals surface area contributed by atoms with Gasteiger partial charge in [0.25, 0.3) is 0 Å². The van der Waals surface area contributed by atoms with Gasteiger partial charge in [0, 0.05) is 17.8 Å². The molecule has 0 saturated heterocycles. The van der Waals surface area contributed by atoms with Gasteiger partial charge >= 0.3 is 0 Å². The zero-order valence-corrected chi connectivity index (χ0v) is 14.2. The molecule has 8 heteroatoms. The van der Waals surface area contributed by atoms with Crippen LogP contribution in [0.3, 0.4) is 0 Å². The third-order valence-corrected chi connectivity index (χ3v) is 4.95. The minimum absolute atomic E-state index is 0.0183. The van der Waals surface area contributed by atoms with Crippen molar-refractivity contribution in [3.8, 4) is 17.0 Å². The van der Waals surface area contributed by atoms with E-state index in [4.69, 9.17) is 4.74 Å². The fraction of sp³-hybridized carbons (Fsp3) is 0.0556. The molecule has 1 heterocycles. The maximum absolute atomic E-state index is 14.3. The number of benzene rings is 2. The number of aromatic nitrogens is 1. The Hall–Kier alpha value is -2.87. The SMILES string of the molecule is COc1c(C=O)cn(S(=O)c2cccc(F)c2)c1-c1ccc(F)cc1F. The first-order valence-corrected chi connectivity index (χ1v) is 8.44. The lowest BCUT2D eigenvalue weighted by atomic mass is 10.1. The van der Waals surface area contributed by atoms with Crippen molar-refractivity contribution in [2.45, 2.75) is 4.90 Å². The quantitative estimate of drug-likeness (QED) is 0.631. The largest absolute Gasteiger partial charge is 0.494 e. The normalized spacial score (nSPS) is 12.0. The highest BCUT2D eigenvalue weighted by atomic mass is 32.2. The van der Waals surface area contributed by atoms with Crippen molar-refractivity contribution >= 4 is 17.3 Å². The van der Waals surface area contributed by atoms with E-state index >= 15 is 0 Å². The van der Waals surface area contributed by atoms with Gasteiger partial charge < -0.3 is 4.74 Å². The highest BCUT2D eigenvalue weighted by molar-refractivity contribution is 7.83. The Morgan fingerprint density at radius 2 is 1.81 bits per heavy atom. The van der Waals surface area contributed by atoms with Gasteiger partial charge in [-0.25, -0.2) is 17.4 Å². The second-order valence-electron chi connectivity index (χ2n) is 5.24. The summed E-state index contributed by atoms with van der Waals surface area (Å²) < 4.78 is 60.2. The Morgan fingerprint density at radius 1 is 1.08 bits per heavy atom. The fourth-order valence-electron chi connectivity index (χ4n) is 2.53. The van der Waals surface area contributed by atoms with Gasteiger partial charge in [0.05, 0.1) is 17.6 Å². The molecule has 4 nitrogen and oxygen atoms in total. The zero-order valence-electron chi connectivity index (χ0n) is 13.4. The number of rotatable bonds is 5. The molecule has 134 valence electrons. The molecule has 0 fully saturated rings. The Bertz CT molecular complexity index is 1020. The summed E-state index contributed by atoms with van der Waals surface area (Å²) in [6, 6.07) is 7.90. The first kappa shape index (κ1) is 17.9. The maximum Gasteiger partial charge on any atom is 0.157 e. The molecular formula is C18H12F3NO3S. The fourth-order valence-corrected chi connectivity index (χ4v) is 3.72. The first-order valence-electron chi connectivity index (χ1n) is 7.34. The van der Waals surface area contributed by atoms with Crippen LogP contribution in [-0.2, 0) is 11.0 Å². The predicted octanol–water partition coefficient (Wildman–Crippen LogP) is 3.96. The molecule has 0 radical (unpaired) electrons. The van der Waals surface area contributed by atoms with Crippen molar-refractivity contribution < 1.29 is 26.9 Å². The van der Waals surface area contributed by atoms with E-state index in [0.717, 1.165) is 22.2 Å². The van der Waals surface area contributed by atoms with E-state index in [-0.39, 0.29) is 27.5 Å². The molecule has 1 atom stereocenters. The lowest BCUT2D eigenvalue weighted by Crippen LogP contribution is -2.07. The highest BCUT2D eigenvalue weighted by Gasteiger charge is 2.24. The number of carbonyl (C=O) groups excluding carboxylic acids is 1. The summed E-state index contributed by atoms with van der Waals surface area (Å²) in [4.78, 5) is 11.4. The predicted molar refractivity (Wildman–Crippen MR) is 89.9 cm³/mol. The molecule has 0 N–H and O–H groups in total. The molecule has 0 aliphatic carbocycles. The number of halogens is 3. The molecule has 3 rings (SSSR count). The second-order valence-corrected chi connectivity index (χ2v) is 6.60. The van der Waals surface area contributed by atoms with E-state index in [1.165, 1.54) is 31.5 Å². The van der Waals surface area contributed by atoms with Gasteiger partial charge in [-0.3, -0.25) is 8.77 Å². The van der Waals surface area contributed by atoms with Gasteiger partial charge in [-0.15, -0.1) is 0 Å². The lowest BCUT2D eigenvalue weighted by molar-refractivity contribution is 0.112. The number of methoxy groups -OCH3 is 1. The topological polar surface area (TPSA) is 48.3 Å². The minimum Gasteiger partial charge on any atom is -0.494 e. The Balaban J connectivity index is 2.27. The summed E-state index contributed by atoms with van der Waals surface area (Å²) in [5.41, 5.74) is -0.105. The van der Waals surface area contributed by atoms with Crippen LogP contribution in [0, 0.1) is 17.5 Å². The van der Waals surface area contributed by atoms with E-state index in [9.17, 15) is 22.2 Å². The third kappa shape index (κ3) is 3.15. The van der Waals surface area contributed by atoms with E-state index < -0.39 is 28.4 Å². The van der Waals surface area contributed by atoms with Gasteiger partial charge in [0.2, 0.25) is 0 Å². The van der Waals surface area contributed by atoms with Crippen LogP contribution in [-0.4, -0.2) is 21.6 Å². The van der Waals surface area contributed by atoms with Crippen LogP contribution in [0.4, 0.5) is 13.2 Å². The molecule has 1 unspecified atom stereocenters. The zero-order chi connectivity index (χ0) is 18.8.